The predicted octanol–water partition coefficient (Wildman–Crippen LogP) is 4.23. The van der Waals surface area contributed by atoms with E-state index < -0.39 is 11.4 Å². The maximum Gasteiger partial charge on any atom is 0.310 e. The molecule has 1 saturated heterocycles. The van der Waals surface area contributed by atoms with E-state index in [0.29, 0.717) is 0 Å². The van der Waals surface area contributed by atoms with E-state index in [4.69, 9.17) is 0 Å². The molecule has 0 aromatic rings. The Morgan fingerprint density at radius 2 is 1.82 bits per heavy atom. The van der Waals surface area contributed by atoms with Crippen molar-refractivity contribution >= 4 is 5.97 Å². The van der Waals surface area contributed by atoms with Gasteiger partial charge in [0.25, 0.3) is 0 Å². The quantitative estimate of drug-likeness (QED) is 0.737. The topological polar surface area (TPSA) is 40.5 Å². The van der Waals surface area contributed by atoms with Crippen molar-refractivity contribution in [3.8, 4) is 0 Å². The van der Waals surface area contributed by atoms with Gasteiger partial charge in [-0.1, -0.05) is 37.8 Å². The Labute approximate surface area is 134 Å². The molecule has 2 fully saturated rings. The summed E-state index contributed by atoms with van der Waals surface area (Å²) < 4.78 is 0. The van der Waals surface area contributed by atoms with Crippen LogP contribution in [0, 0.1) is 11.3 Å². The summed E-state index contributed by atoms with van der Waals surface area (Å²) in [6.07, 6.45) is 17.9. The molecule has 22 heavy (non-hydrogen) atoms. The van der Waals surface area contributed by atoms with Gasteiger partial charge in [0.05, 0.1) is 5.41 Å². The average molecular weight is 305 g/mol. The van der Waals surface area contributed by atoms with Gasteiger partial charge in [-0.3, -0.25) is 4.79 Å². The number of carbonyl (C=O) groups is 1. The lowest BCUT2D eigenvalue weighted by Gasteiger charge is -2.26. The largest absolute Gasteiger partial charge is 0.481 e. The third-order valence-electron chi connectivity index (χ3n) is 6.18. The van der Waals surface area contributed by atoms with Crippen LogP contribution in [0.15, 0.2) is 12.2 Å². The second-order valence-corrected chi connectivity index (χ2v) is 7.63. The molecule has 3 heteroatoms. The second-order valence-electron chi connectivity index (χ2n) is 7.63. The third kappa shape index (κ3) is 3.56. The minimum absolute atomic E-state index is 0.288. The van der Waals surface area contributed by atoms with Gasteiger partial charge in [0, 0.05) is 6.04 Å². The first-order valence-electron chi connectivity index (χ1n) is 9.36. The van der Waals surface area contributed by atoms with Crippen molar-refractivity contribution in [1.82, 2.24) is 4.90 Å². The molecule has 0 aromatic carbocycles. The number of hydrogen-bond acceptors (Lipinski definition) is 2. The highest BCUT2D eigenvalue weighted by molar-refractivity contribution is 5.79. The molecule has 0 bridgehead atoms. The van der Waals surface area contributed by atoms with Crippen LogP contribution < -0.4 is 0 Å². The number of allylic oxidation sites excluding steroid dienone is 2. The molecule has 0 spiro atoms. The van der Waals surface area contributed by atoms with Gasteiger partial charge in [-0.15, -0.1) is 0 Å². The van der Waals surface area contributed by atoms with Gasteiger partial charge in [0.15, 0.2) is 0 Å². The monoisotopic (exact) mass is 305 g/mol. The Morgan fingerprint density at radius 3 is 2.68 bits per heavy atom. The number of carboxylic acid groups (broad SMARTS) is 1. The van der Waals surface area contributed by atoms with Gasteiger partial charge in [0.2, 0.25) is 0 Å². The smallest absolute Gasteiger partial charge is 0.310 e. The molecule has 0 radical (unpaired) electrons. The molecule has 1 aliphatic carbocycles. The van der Waals surface area contributed by atoms with Crippen molar-refractivity contribution in [2.45, 2.75) is 76.7 Å². The Balaban J connectivity index is 1.64. The van der Waals surface area contributed by atoms with E-state index >= 15 is 0 Å². The Kier molecular flexibility index (Phi) is 5.22. The molecule has 1 N–H and O–H groups in total. The SMILES string of the molecule is O=C(O)C12CCN3CCCC3CCCCCCC/C=C\C1C2. The third-order valence-corrected chi connectivity index (χ3v) is 6.18. The van der Waals surface area contributed by atoms with E-state index in [-0.39, 0.29) is 5.92 Å². The van der Waals surface area contributed by atoms with Crippen molar-refractivity contribution in [3.05, 3.63) is 12.2 Å². The fourth-order valence-electron chi connectivity index (χ4n) is 4.52. The molecule has 1 saturated carbocycles. The number of hydrogen-bond donors (Lipinski definition) is 1. The molecule has 3 rings (SSSR count). The molecule has 2 heterocycles. The highest BCUT2D eigenvalue weighted by Crippen LogP contribution is 2.56. The second kappa shape index (κ2) is 7.16. The zero-order valence-electron chi connectivity index (χ0n) is 13.8. The van der Waals surface area contributed by atoms with Crippen LogP contribution in [0.4, 0.5) is 0 Å². The van der Waals surface area contributed by atoms with E-state index in [9.17, 15) is 9.90 Å². The van der Waals surface area contributed by atoms with E-state index in [1.54, 1.807) is 0 Å². The van der Waals surface area contributed by atoms with Crippen LogP contribution in [0.25, 0.3) is 0 Å². The van der Waals surface area contributed by atoms with E-state index in [1.807, 2.05) is 0 Å². The van der Waals surface area contributed by atoms with Crippen LogP contribution in [0.2, 0.25) is 0 Å². The fraction of sp³-hybridized carbons (Fsp3) is 0.842. The van der Waals surface area contributed by atoms with Gasteiger partial charge in [-0.05, 0) is 64.0 Å². The molecule has 3 aliphatic rings. The van der Waals surface area contributed by atoms with Crippen LogP contribution in [0.3, 0.4) is 0 Å². The van der Waals surface area contributed by atoms with Crippen LogP contribution in [-0.2, 0) is 4.79 Å². The van der Waals surface area contributed by atoms with E-state index in [1.165, 1.54) is 57.9 Å². The van der Waals surface area contributed by atoms with Crippen molar-refractivity contribution in [1.29, 1.82) is 0 Å². The summed E-state index contributed by atoms with van der Waals surface area (Å²) in [6.45, 7) is 2.17. The average Bonchev–Trinajstić information content (AvgIpc) is 3.04. The Bertz CT molecular complexity index is 420. The number of carboxylic acids is 1. The number of fused-ring (bicyclic) bond motifs is 2. The molecule has 0 amide bonds. The minimum atomic E-state index is -0.567. The normalized spacial score (nSPS) is 39.1. The number of rotatable bonds is 1. The summed E-state index contributed by atoms with van der Waals surface area (Å²) in [5.74, 6) is -0.279. The molecule has 3 unspecified atom stereocenters. The molecule has 0 aromatic heterocycles. The summed E-state index contributed by atoms with van der Waals surface area (Å²) in [5, 5.41) is 9.68. The van der Waals surface area contributed by atoms with Crippen LogP contribution >= 0.6 is 0 Å². The van der Waals surface area contributed by atoms with Crippen LogP contribution in [0.5, 0.6) is 0 Å². The van der Waals surface area contributed by atoms with Gasteiger partial charge in [-0.25, -0.2) is 0 Å². The summed E-state index contributed by atoms with van der Waals surface area (Å²) in [4.78, 5) is 14.3. The maximum atomic E-state index is 11.8. The lowest BCUT2D eigenvalue weighted by atomic mass is 9.98. The molecule has 3 nitrogen and oxygen atoms in total. The van der Waals surface area contributed by atoms with Crippen LogP contribution in [0.1, 0.15) is 70.6 Å². The first-order chi connectivity index (χ1) is 10.7. The summed E-state index contributed by atoms with van der Waals surface area (Å²) >= 11 is 0. The summed E-state index contributed by atoms with van der Waals surface area (Å²) in [6, 6.07) is 0.726. The zero-order chi connectivity index (χ0) is 15.4. The first kappa shape index (κ1) is 16.0. The van der Waals surface area contributed by atoms with E-state index in [0.717, 1.165) is 31.8 Å². The first-order valence-corrected chi connectivity index (χ1v) is 9.36. The summed E-state index contributed by atoms with van der Waals surface area (Å²) in [5.41, 5.74) is -0.441. The van der Waals surface area contributed by atoms with E-state index in [2.05, 4.69) is 17.1 Å². The predicted molar refractivity (Wildman–Crippen MR) is 88.8 cm³/mol. The van der Waals surface area contributed by atoms with Gasteiger partial charge < -0.3 is 10.0 Å². The van der Waals surface area contributed by atoms with Crippen molar-refractivity contribution in [3.63, 3.8) is 0 Å². The minimum Gasteiger partial charge on any atom is -0.481 e. The molecular weight excluding hydrogens is 274 g/mol. The standard InChI is InChI=1S/C19H31NO2/c21-18(22)19-12-14-20-13-8-11-17(20)10-7-5-3-1-2-4-6-9-16(19)15-19/h6,9,16-17H,1-5,7-8,10-15H2,(H,21,22)/b9-6-. The van der Waals surface area contributed by atoms with Crippen molar-refractivity contribution in [2.24, 2.45) is 11.3 Å². The fourth-order valence-corrected chi connectivity index (χ4v) is 4.52. The highest BCUT2D eigenvalue weighted by Gasteiger charge is 2.58. The lowest BCUT2D eigenvalue weighted by Crippen LogP contribution is -2.33. The van der Waals surface area contributed by atoms with Gasteiger partial charge in [-0.2, -0.15) is 0 Å². The van der Waals surface area contributed by atoms with Crippen molar-refractivity contribution in [2.75, 3.05) is 13.1 Å². The Hall–Kier alpha value is -0.830. The lowest BCUT2D eigenvalue weighted by molar-refractivity contribution is -0.144. The maximum absolute atomic E-state index is 11.8. The highest BCUT2D eigenvalue weighted by atomic mass is 16.4. The molecule has 2 aliphatic heterocycles. The molecule has 124 valence electrons. The van der Waals surface area contributed by atoms with Gasteiger partial charge >= 0.3 is 5.97 Å². The zero-order valence-corrected chi connectivity index (χ0v) is 13.8. The number of aliphatic carboxylic acids is 1. The molecular formula is C19H31NO2. The van der Waals surface area contributed by atoms with Gasteiger partial charge in [0.1, 0.15) is 0 Å². The number of nitrogens with zero attached hydrogens (tertiary/aromatic N) is 1. The Morgan fingerprint density at radius 1 is 1.05 bits per heavy atom. The van der Waals surface area contributed by atoms with Crippen molar-refractivity contribution < 1.29 is 9.90 Å². The summed E-state index contributed by atoms with van der Waals surface area (Å²) in [7, 11) is 0. The van der Waals surface area contributed by atoms with Crippen LogP contribution in [-0.4, -0.2) is 35.1 Å². The molecule has 3 atom stereocenters.